The SMILES string of the molecule is O=C(NN1CCCCC1)c1nn(-c2ccc(Cl)cc2)c2c1C(Cl)c1ccccc1-2. The molecule has 1 aliphatic carbocycles. The van der Waals surface area contributed by atoms with E-state index in [-0.39, 0.29) is 5.91 Å². The highest BCUT2D eigenvalue weighted by molar-refractivity contribution is 6.30. The molecule has 2 aromatic carbocycles. The van der Waals surface area contributed by atoms with E-state index in [1.54, 1.807) is 4.68 Å². The van der Waals surface area contributed by atoms with Crippen molar-refractivity contribution in [3.8, 4) is 16.9 Å². The third kappa shape index (κ3) is 3.23. The lowest BCUT2D eigenvalue weighted by molar-refractivity contribution is 0.0743. The number of carbonyl (C=O) groups excluding carboxylic acids is 1. The average molecular weight is 427 g/mol. The Bertz CT molecular complexity index is 1070. The highest BCUT2D eigenvalue weighted by Crippen LogP contribution is 2.49. The van der Waals surface area contributed by atoms with Gasteiger partial charge in [-0.25, -0.2) is 9.69 Å². The number of amides is 1. The van der Waals surface area contributed by atoms with E-state index >= 15 is 0 Å². The molecule has 1 amide bonds. The van der Waals surface area contributed by atoms with Crippen LogP contribution in [0.1, 0.15) is 46.3 Å². The Balaban J connectivity index is 1.62. The number of nitrogens with one attached hydrogen (secondary N) is 1. The topological polar surface area (TPSA) is 50.2 Å². The summed E-state index contributed by atoms with van der Waals surface area (Å²) in [6, 6.07) is 15.4. The van der Waals surface area contributed by atoms with Crippen LogP contribution in [0, 0.1) is 0 Å². The first-order valence-electron chi connectivity index (χ1n) is 9.81. The largest absolute Gasteiger partial charge is 0.286 e. The van der Waals surface area contributed by atoms with Gasteiger partial charge in [0.2, 0.25) is 0 Å². The maximum atomic E-state index is 13.2. The summed E-state index contributed by atoms with van der Waals surface area (Å²) in [6.45, 7) is 1.71. The van der Waals surface area contributed by atoms with Crippen molar-refractivity contribution in [2.75, 3.05) is 13.1 Å². The molecule has 5 rings (SSSR count). The van der Waals surface area contributed by atoms with Crippen LogP contribution in [0.25, 0.3) is 16.9 Å². The lowest BCUT2D eigenvalue weighted by Crippen LogP contribution is -2.45. The quantitative estimate of drug-likeness (QED) is 0.601. The fraction of sp³-hybridized carbons (Fsp3) is 0.273. The molecule has 29 heavy (non-hydrogen) atoms. The molecule has 1 fully saturated rings. The number of benzene rings is 2. The second-order valence-corrected chi connectivity index (χ2v) is 8.31. The van der Waals surface area contributed by atoms with Crippen LogP contribution in [0.5, 0.6) is 0 Å². The Morgan fingerprint density at radius 1 is 1.03 bits per heavy atom. The Labute approximate surface area is 179 Å². The third-order valence-electron chi connectivity index (χ3n) is 5.57. The molecule has 7 heteroatoms. The van der Waals surface area contributed by atoms with E-state index in [0.29, 0.717) is 10.7 Å². The lowest BCUT2D eigenvalue weighted by Gasteiger charge is -2.26. The number of hydrazine groups is 1. The molecule has 1 aliphatic heterocycles. The predicted octanol–water partition coefficient (Wildman–Crippen LogP) is 4.97. The number of nitrogens with zero attached hydrogens (tertiary/aromatic N) is 3. The van der Waals surface area contributed by atoms with Crippen molar-refractivity contribution in [1.29, 1.82) is 0 Å². The van der Waals surface area contributed by atoms with Crippen LogP contribution >= 0.6 is 23.2 Å². The minimum Gasteiger partial charge on any atom is -0.283 e. The number of hydrogen-bond donors (Lipinski definition) is 1. The van der Waals surface area contributed by atoms with Crippen LogP contribution in [0.4, 0.5) is 0 Å². The van der Waals surface area contributed by atoms with Crippen LogP contribution in [-0.2, 0) is 0 Å². The van der Waals surface area contributed by atoms with Crippen LogP contribution in [0.15, 0.2) is 48.5 Å². The van der Waals surface area contributed by atoms with Gasteiger partial charge in [-0.3, -0.25) is 10.2 Å². The molecule has 148 valence electrons. The third-order valence-corrected chi connectivity index (χ3v) is 6.27. The molecule has 1 unspecified atom stereocenters. The Morgan fingerprint density at radius 2 is 1.76 bits per heavy atom. The monoisotopic (exact) mass is 426 g/mol. The van der Waals surface area contributed by atoms with Gasteiger partial charge in [0, 0.05) is 29.2 Å². The van der Waals surface area contributed by atoms with Gasteiger partial charge in [-0.2, -0.15) is 5.10 Å². The van der Waals surface area contributed by atoms with Crippen molar-refractivity contribution >= 4 is 29.1 Å². The molecule has 1 saturated heterocycles. The van der Waals surface area contributed by atoms with Crippen molar-refractivity contribution in [2.24, 2.45) is 0 Å². The van der Waals surface area contributed by atoms with Crippen LogP contribution in [-0.4, -0.2) is 33.8 Å². The molecule has 1 atom stereocenters. The average Bonchev–Trinajstić information content (AvgIpc) is 3.27. The summed E-state index contributed by atoms with van der Waals surface area (Å²) in [5.41, 5.74) is 7.86. The summed E-state index contributed by atoms with van der Waals surface area (Å²) in [7, 11) is 0. The smallest absolute Gasteiger partial charge is 0.283 e. The fourth-order valence-corrected chi connectivity index (χ4v) is 4.68. The molecule has 2 heterocycles. The molecule has 5 nitrogen and oxygen atoms in total. The molecule has 1 aromatic heterocycles. The molecule has 0 saturated carbocycles. The van der Waals surface area contributed by atoms with E-state index in [9.17, 15) is 4.79 Å². The zero-order valence-corrected chi connectivity index (χ0v) is 17.2. The molecule has 0 bridgehead atoms. The van der Waals surface area contributed by atoms with E-state index in [4.69, 9.17) is 28.3 Å². The number of halogens is 2. The molecular formula is C22H20Cl2N4O. The van der Waals surface area contributed by atoms with E-state index in [0.717, 1.165) is 54.0 Å². The molecule has 0 spiro atoms. The number of aromatic nitrogens is 2. The first-order chi connectivity index (χ1) is 14.1. The van der Waals surface area contributed by atoms with E-state index in [2.05, 4.69) is 5.43 Å². The molecule has 2 aliphatic rings. The van der Waals surface area contributed by atoms with Gasteiger partial charge in [0.15, 0.2) is 5.69 Å². The van der Waals surface area contributed by atoms with E-state index < -0.39 is 5.38 Å². The minimum atomic E-state index is -0.413. The molecule has 1 N–H and O–H groups in total. The molecule has 0 radical (unpaired) electrons. The number of fused-ring (bicyclic) bond motifs is 3. The standard InChI is InChI=1S/C22H20Cl2N4O/c23-14-8-10-15(11-9-14)28-21-17-7-3-2-6-16(17)19(24)18(21)20(25-28)22(29)26-27-12-4-1-5-13-27/h2-3,6-11,19H,1,4-5,12-13H2,(H,26,29). The van der Waals surface area contributed by atoms with Gasteiger partial charge in [0.25, 0.3) is 5.91 Å². The first-order valence-corrected chi connectivity index (χ1v) is 10.6. The fourth-order valence-electron chi connectivity index (χ4n) is 4.16. The lowest BCUT2D eigenvalue weighted by atomic mass is 10.1. The van der Waals surface area contributed by atoms with Crippen LogP contribution in [0.2, 0.25) is 5.02 Å². The van der Waals surface area contributed by atoms with Gasteiger partial charge in [-0.1, -0.05) is 42.3 Å². The number of alkyl halides is 1. The van der Waals surface area contributed by atoms with E-state index in [1.807, 2.05) is 53.5 Å². The van der Waals surface area contributed by atoms with Crippen molar-refractivity contribution in [3.63, 3.8) is 0 Å². The Morgan fingerprint density at radius 3 is 2.52 bits per heavy atom. The minimum absolute atomic E-state index is 0.214. The van der Waals surface area contributed by atoms with Gasteiger partial charge in [-0.05, 0) is 42.7 Å². The maximum absolute atomic E-state index is 13.2. The zero-order chi connectivity index (χ0) is 20.0. The van der Waals surface area contributed by atoms with Crippen molar-refractivity contribution in [2.45, 2.75) is 24.6 Å². The number of hydrogen-bond acceptors (Lipinski definition) is 3. The Kier molecular flexibility index (Phi) is 4.82. The second kappa shape index (κ2) is 7.48. The van der Waals surface area contributed by atoms with Crippen molar-refractivity contribution < 1.29 is 4.79 Å². The summed E-state index contributed by atoms with van der Waals surface area (Å²) >= 11 is 12.9. The highest BCUT2D eigenvalue weighted by atomic mass is 35.5. The normalized spacial score (nSPS) is 18.3. The molecule has 3 aromatic rings. The van der Waals surface area contributed by atoms with Gasteiger partial charge in [-0.15, -0.1) is 11.6 Å². The van der Waals surface area contributed by atoms with Gasteiger partial charge in [0.1, 0.15) is 0 Å². The number of carbonyl (C=O) groups is 1. The van der Waals surface area contributed by atoms with Crippen LogP contribution < -0.4 is 5.43 Å². The summed E-state index contributed by atoms with van der Waals surface area (Å²) in [5.74, 6) is -0.214. The predicted molar refractivity (Wildman–Crippen MR) is 115 cm³/mol. The summed E-state index contributed by atoms with van der Waals surface area (Å²) in [5, 5.41) is 6.91. The maximum Gasteiger partial charge on any atom is 0.286 e. The summed E-state index contributed by atoms with van der Waals surface area (Å²) in [6.07, 6.45) is 3.37. The van der Waals surface area contributed by atoms with Crippen molar-refractivity contribution in [1.82, 2.24) is 20.2 Å². The second-order valence-electron chi connectivity index (χ2n) is 7.44. The summed E-state index contributed by atoms with van der Waals surface area (Å²) < 4.78 is 1.80. The number of piperidine rings is 1. The summed E-state index contributed by atoms with van der Waals surface area (Å²) in [4.78, 5) is 13.2. The van der Waals surface area contributed by atoms with Gasteiger partial charge < -0.3 is 0 Å². The van der Waals surface area contributed by atoms with Gasteiger partial charge in [0.05, 0.1) is 16.8 Å². The highest BCUT2D eigenvalue weighted by Gasteiger charge is 2.37. The Hall–Kier alpha value is -2.34. The van der Waals surface area contributed by atoms with E-state index in [1.165, 1.54) is 6.42 Å². The zero-order valence-electron chi connectivity index (χ0n) is 15.7. The first kappa shape index (κ1) is 18.7. The van der Waals surface area contributed by atoms with Crippen molar-refractivity contribution in [3.05, 3.63) is 70.4 Å². The number of rotatable bonds is 3. The molecular weight excluding hydrogens is 407 g/mol. The van der Waals surface area contributed by atoms with Crippen LogP contribution in [0.3, 0.4) is 0 Å². The van der Waals surface area contributed by atoms with Gasteiger partial charge >= 0.3 is 0 Å².